The van der Waals surface area contributed by atoms with Gasteiger partial charge >= 0.3 is 0 Å². The zero-order chi connectivity index (χ0) is 22.1. The van der Waals surface area contributed by atoms with Crippen molar-refractivity contribution >= 4 is 51.8 Å². The minimum Gasteiger partial charge on any atom is -0.341 e. The van der Waals surface area contributed by atoms with Crippen LogP contribution < -0.4 is 5.56 Å². The van der Waals surface area contributed by atoms with Gasteiger partial charge in [0.05, 0.1) is 22.3 Å². The zero-order valence-corrected chi connectivity index (χ0v) is 19.7. The third kappa shape index (κ3) is 4.92. The topological polar surface area (TPSA) is 55.2 Å². The van der Waals surface area contributed by atoms with E-state index in [0.29, 0.717) is 43.6 Å². The highest BCUT2D eigenvalue weighted by Gasteiger charge is 2.26. The lowest BCUT2D eigenvalue weighted by Gasteiger charge is -2.35. The summed E-state index contributed by atoms with van der Waals surface area (Å²) in [5, 5.41) is 2.00. The third-order valence-electron chi connectivity index (χ3n) is 5.43. The molecule has 1 saturated heterocycles. The standard InChI is InChI=1S/C23H23Cl2N3O2S/c1-14-9-15(2)12-27(11-14)21(29)13-31-23-26-20-10-17(25)5-8-19(20)22(30)28(23)18-6-3-16(24)4-7-18/h3-8,10,14-15H,9,11-13H2,1-2H3. The monoisotopic (exact) mass is 475 g/mol. The molecule has 0 bridgehead atoms. The molecule has 5 nitrogen and oxygen atoms in total. The summed E-state index contributed by atoms with van der Waals surface area (Å²) >= 11 is 13.4. The number of thioether (sulfide) groups is 1. The Hall–Kier alpha value is -2.02. The number of amides is 1. The summed E-state index contributed by atoms with van der Waals surface area (Å²) < 4.78 is 1.53. The van der Waals surface area contributed by atoms with Gasteiger partial charge in [-0.2, -0.15) is 0 Å². The van der Waals surface area contributed by atoms with Gasteiger partial charge in [-0.3, -0.25) is 14.2 Å². The first-order valence-corrected chi connectivity index (χ1v) is 11.9. The van der Waals surface area contributed by atoms with Crippen molar-refractivity contribution in [2.24, 2.45) is 11.8 Å². The number of hydrogen-bond acceptors (Lipinski definition) is 4. The van der Waals surface area contributed by atoms with Crippen molar-refractivity contribution in [2.75, 3.05) is 18.8 Å². The molecule has 1 aliphatic rings. The van der Waals surface area contributed by atoms with Crippen LogP contribution in [0.4, 0.5) is 0 Å². The van der Waals surface area contributed by atoms with Crippen LogP contribution in [-0.2, 0) is 4.79 Å². The fourth-order valence-electron chi connectivity index (χ4n) is 4.14. The van der Waals surface area contributed by atoms with Crippen LogP contribution in [0.3, 0.4) is 0 Å². The Morgan fingerprint density at radius 2 is 1.71 bits per heavy atom. The Labute approximate surface area is 195 Å². The van der Waals surface area contributed by atoms with Gasteiger partial charge in [0.25, 0.3) is 5.56 Å². The molecule has 1 aliphatic heterocycles. The molecule has 0 N–H and O–H groups in total. The Morgan fingerprint density at radius 1 is 1.06 bits per heavy atom. The molecule has 2 unspecified atom stereocenters. The molecule has 0 radical (unpaired) electrons. The molecule has 0 aliphatic carbocycles. The van der Waals surface area contributed by atoms with Crippen LogP contribution in [0.5, 0.6) is 0 Å². The second-order valence-corrected chi connectivity index (χ2v) is 10.0. The fourth-order valence-corrected chi connectivity index (χ4v) is 5.35. The number of carbonyl (C=O) groups excluding carboxylic acids is 1. The van der Waals surface area contributed by atoms with Gasteiger partial charge in [0.2, 0.25) is 5.91 Å². The van der Waals surface area contributed by atoms with Gasteiger partial charge in [-0.05, 0) is 60.7 Å². The van der Waals surface area contributed by atoms with Gasteiger partial charge in [-0.1, -0.05) is 48.8 Å². The van der Waals surface area contributed by atoms with Gasteiger partial charge in [-0.25, -0.2) is 4.98 Å². The van der Waals surface area contributed by atoms with Crippen LogP contribution in [0.25, 0.3) is 16.6 Å². The maximum Gasteiger partial charge on any atom is 0.266 e. The molecule has 2 aromatic carbocycles. The van der Waals surface area contributed by atoms with Crippen LogP contribution in [0.2, 0.25) is 10.0 Å². The summed E-state index contributed by atoms with van der Waals surface area (Å²) in [4.78, 5) is 32.8. The SMILES string of the molecule is CC1CC(C)CN(C(=O)CSc2nc3cc(Cl)ccc3c(=O)n2-c2ccc(Cl)cc2)C1. The number of hydrogen-bond donors (Lipinski definition) is 0. The lowest BCUT2D eigenvalue weighted by molar-refractivity contribution is -0.130. The first-order valence-electron chi connectivity index (χ1n) is 10.2. The zero-order valence-electron chi connectivity index (χ0n) is 17.3. The Balaban J connectivity index is 1.70. The molecule has 4 rings (SSSR count). The summed E-state index contributed by atoms with van der Waals surface area (Å²) in [7, 11) is 0. The van der Waals surface area contributed by atoms with E-state index in [-0.39, 0.29) is 17.2 Å². The van der Waals surface area contributed by atoms with E-state index in [2.05, 4.69) is 18.8 Å². The van der Waals surface area contributed by atoms with Crippen LogP contribution >= 0.6 is 35.0 Å². The van der Waals surface area contributed by atoms with Gasteiger partial charge in [0.1, 0.15) is 0 Å². The average Bonchev–Trinajstić information content (AvgIpc) is 2.72. The summed E-state index contributed by atoms with van der Waals surface area (Å²) in [6.07, 6.45) is 1.14. The number of halogens is 2. The Morgan fingerprint density at radius 3 is 2.39 bits per heavy atom. The fraction of sp³-hybridized carbons (Fsp3) is 0.348. The molecule has 1 aromatic heterocycles. The smallest absolute Gasteiger partial charge is 0.266 e. The Bertz CT molecular complexity index is 1170. The number of fused-ring (bicyclic) bond motifs is 1. The average molecular weight is 476 g/mol. The number of carbonyl (C=O) groups is 1. The van der Waals surface area contributed by atoms with Crippen molar-refractivity contribution < 1.29 is 4.79 Å². The minimum absolute atomic E-state index is 0.0616. The predicted molar refractivity (Wildman–Crippen MR) is 128 cm³/mol. The molecule has 8 heteroatoms. The molecule has 0 spiro atoms. The second kappa shape index (κ2) is 9.23. The molecular weight excluding hydrogens is 453 g/mol. The maximum atomic E-state index is 13.3. The summed E-state index contributed by atoms with van der Waals surface area (Å²) in [6, 6.07) is 12.0. The summed E-state index contributed by atoms with van der Waals surface area (Å²) in [6.45, 7) is 5.90. The van der Waals surface area contributed by atoms with E-state index >= 15 is 0 Å². The van der Waals surface area contributed by atoms with Crippen molar-refractivity contribution in [1.29, 1.82) is 0 Å². The largest absolute Gasteiger partial charge is 0.341 e. The predicted octanol–water partition coefficient (Wildman–Crippen LogP) is 5.29. The molecule has 0 saturated carbocycles. The van der Waals surface area contributed by atoms with E-state index in [1.165, 1.54) is 16.3 Å². The van der Waals surface area contributed by atoms with E-state index < -0.39 is 0 Å². The number of rotatable bonds is 4. The maximum absolute atomic E-state index is 13.3. The van der Waals surface area contributed by atoms with E-state index in [9.17, 15) is 9.59 Å². The number of nitrogens with zero attached hydrogens (tertiary/aromatic N) is 3. The highest BCUT2D eigenvalue weighted by atomic mass is 35.5. The van der Waals surface area contributed by atoms with E-state index in [1.807, 2.05) is 4.90 Å². The van der Waals surface area contributed by atoms with Crippen LogP contribution in [0, 0.1) is 11.8 Å². The molecule has 3 aromatic rings. The highest BCUT2D eigenvalue weighted by molar-refractivity contribution is 7.99. The number of aromatic nitrogens is 2. The summed E-state index contributed by atoms with van der Waals surface area (Å²) in [5.41, 5.74) is 0.950. The molecule has 2 atom stereocenters. The quantitative estimate of drug-likeness (QED) is 0.379. The normalized spacial score (nSPS) is 19.0. The van der Waals surface area contributed by atoms with Gasteiger partial charge in [0, 0.05) is 23.1 Å². The van der Waals surface area contributed by atoms with E-state index in [0.717, 1.165) is 19.5 Å². The number of likely N-dealkylation sites (tertiary alicyclic amines) is 1. The first kappa shape index (κ1) is 22.2. The minimum atomic E-state index is -0.209. The lowest BCUT2D eigenvalue weighted by Crippen LogP contribution is -2.43. The van der Waals surface area contributed by atoms with E-state index in [1.54, 1.807) is 42.5 Å². The number of benzene rings is 2. The van der Waals surface area contributed by atoms with Crippen LogP contribution in [0.1, 0.15) is 20.3 Å². The molecule has 162 valence electrons. The lowest BCUT2D eigenvalue weighted by atomic mass is 9.92. The third-order valence-corrected chi connectivity index (χ3v) is 6.84. The molecule has 1 amide bonds. The molecule has 1 fully saturated rings. The van der Waals surface area contributed by atoms with Crippen molar-refractivity contribution in [3.05, 3.63) is 62.9 Å². The number of piperidine rings is 1. The van der Waals surface area contributed by atoms with Gasteiger partial charge in [-0.15, -0.1) is 0 Å². The van der Waals surface area contributed by atoms with Gasteiger partial charge in [0.15, 0.2) is 5.16 Å². The second-order valence-electron chi connectivity index (χ2n) is 8.21. The molecule has 31 heavy (non-hydrogen) atoms. The summed E-state index contributed by atoms with van der Waals surface area (Å²) in [5.74, 6) is 1.26. The van der Waals surface area contributed by atoms with Crippen LogP contribution in [-0.4, -0.2) is 39.2 Å². The van der Waals surface area contributed by atoms with Crippen molar-refractivity contribution in [3.63, 3.8) is 0 Å². The van der Waals surface area contributed by atoms with Gasteiger partial charge < -0.3 is 4.90 Å². The van der Waals surface area contributed by atoms with Crippen molar-refractivity contribution in [2.45, 2.75) is 25.4 Å². The van der Waals surface area contributed by atoms with Crippen LogP contribution in [0.15, 0.2) is 52.4 Å². The van der Waals surface area contributed by atoms with Crippen molar-refractivity contribution in [3.8, 4) is 5.69 Å². The van der Waals surface area contributed by atoms with E-state index in [4.69, 9.17) is 23.2 Å². The first-order chi connectivity index (χ1) is 14.8. The molecular formula is C23H23Cl2N3O2S. The Kier molecular flexibility index (Phi) is 6.60. The highest BCUT2D eigenvalue weighted by Crippen LogP contribution is 2.26. The van der Waals surface area contributed by atoms with Crippen molar-refractivity contribution in [1.82, 2.24) is 14.5 Å². The molecule has 2 heterocycles.